The zero-order valence-electron chi connectivity index (χ0n) is 17.7. The van der Waals surface area contributed by atoms with Crippen LogP contribution >= 0.6 is 0 Å². The predicted molar refractivity (Wildman–Crippen MR) is 120 cm³/mol. The van der Waals surface area contributed by atoms with Crippen LogP contribution in [0.3, 0.4) is 0 Å². The maximum absolute atomic E-state index is 5.64. The molecule has 1 aliphatic heterocycles. The van der Waals surface area contributed by atoms with Gasteiger partial charge in [0.1, 0.15) is 5.75 Å². The van der Waals surface area contributed by atoms with E-state index in [4.69, 9.17) is 4.74 Å². The van der Waals surface area contributed by atoms with Gasteiger partial charge in [0.15, 0.2) is 0 Å². The normalized spacial score (nSPS) is 13.6. The summed E-state index contributed by atoms with van der Waals surface area (Å²) in [7, 11) is 1.94. The zero-order chi connectivity index (χ0) is 20.9. The van der Waals surface area contributed by atoms with Gasteiger partial charge in [0.05, 0.1) is 12.8 Å². The Morgan fingerprint density at radius 2 is 2.10 bits per heavy atom. The number of ether oxygens (including phenoxy) is 1. The van der Waals surface area contributed by atoms with E-state index in [0.717, 1.165) is 41.2 Å². The molecule has 6 nitrogen and oxygen atoms in total. The van der Waals surface area contributed by atoms with Crippen molar-refractivity contribution in [3.63, 3.8) is 0 Å². The lowest BCUT2D eigenvalue weighted by atomic mass is 10.0. The summed E-state index contributed by atoms with van der Waals surface area (Å²) in [4.78, 5) is 6.47. The lowest BCUT2D eigenvalue weighted by Crippen LogP contribution is -2.26. The smallest absolute Gasteiger partial charge is 0.119 e. The van der Waals surface area contributed by atoms with Crippen LogP contribution in [-0.2, 0) is 13.6 Å². The van der Waals surface area contributed by atoms with Crippen molar-refractivity contribution in [2.75, 3.05) is 18.1 Å². The molecule has 0 saturated heterocycles. The summed E-state index contributed by atoms with van der Waals surface area (Å²) >= 11 is 0. The molecule has 0 fully saturated rings. The number of nitrogens with zero attached hydrogens (tertiary/aromatic N) is 4. The van der Waals surface area contributed by atoms with E-state index >= 15 is 0 Å². The standard InChI is InChI=1S/C24H27N5O/c1-4-30-21-7-8-24(18(2)12-21)29-11-9-23(26-14-19-6-5-10-25-13-19)22(17-29)20-15-27-28(3)16-20/h5-10,12-13,15-17,26H,4,11,14H2,1-3H3. The van der Waals surface area contributed by atoms with E-state index in [-0.39, 0.29) is 0 Å². The Bertz CT molecular complexity index is 1070. The van der Waals surface area contributed by atoms with Crippen molar-refractivity contribution in [1.82, 2.24) is 20.1 Å². The van der Waals surface area contributed by atoms with Crippen LogP contribution in [0.1, 0.15) is 23.6 Å². The summed E-state index contributed by atoms with van der Waals surface area (Å²) in [5, 5.41) is 7.95. The quantitative estimate of drug-likeness (QED) is 0.647. The van der Waals surface area contributed by atoms with Gasteiger partial charge < -0.3 is 15.0 Å². The Labute approximate surface area is 177 Å². The van der Waals surface area contributed by atoms with Crippen LogP contribution in [-0.4, -0.2) is 27.9 Å². The lowest BCUT2D eigenvalue weighted by molar-refractivity contribution is 0.340. The molecule has 3 aromatic rings. The third kappa shape index (κ3) is 4.38. The van der Waals surface area contributed by atoms with E-state index in [1.165, 1.54) is 11.3 Å². The molecule has 0 radical (unpaired) electrons. The Balaban J connectivity index is 1.61. The fourth-order valence-electron chi connectivity index (χ4n) is 3.61. The minimum Gasteiger partial charge on any atom is -0.494 e. The molecule has 4 rings (SSSR count). The molecule has 0 atom stereocenters. The summed E-state index contributed by atoms with van der Waals surface area (Å²) < 4.78 is 7.47. The fourth-order valence-corrected chi connectivity index (χ4v) is 3.61. The SMILES string of the molecule is CCOc1ccc(N2C=C(c3cnn(C)c3)C(NCc3cccnc3)=CC2)c(C)c1. The van der Waals surface area contributed by atoms with Crippen LogP contribution < -0.4 is 15.0 Å². The molecule has 1 aromatic carbocycles. The highest BCUT2D eigenvalue weighted by atomic mass is 16.5. The average molecular weight is 402 g/mol. The zero-order valence-corrected chi connectivity index (χ0v) is 17.7. The molecule has 30 heavy (non-hydrogen) atoms. The molecule has 6 heteroatoms. The summed E-state index contributed by atoms with van der Waals surface area (Å²) in [6.07, 6.45) is 12.1. The van der Waals surface area contributed by atoms with E-state index in [1.54, 1.807) is 6.20 Å². The van der Waals surface area contributed by atoms with Gasteiger partial charge in [0, 0.05) is 67.4 Å². The van der Waals surface area contributed by atoms with E-state index in [9.17, 15) is 0 Å². The fraction of sp³-hybridized carbons (Fsp3) is 0.250. The van der Waals surface area contributed by atoms with Crippen molar-refractivity contribution in [3.8, 4) is 5.75 Å². The number of allylic oxidation sites excluding steroid dienone is 1. The number of aromatic nitrogens is 3. The first-order chi connectivity index (χ1) is 14.6. The topological polar surface area (TPSA) is 55.2 Å². The third-order valence-electron chi connectivity index (χ3n) is 5.08. The molecule has 0 saturated carbocycles. The van der Waals surface area contributed by atoms with E-state index in [2.05, 4.69) is 57.7 Å². The summed E-state index contributed by atoms with van der Waals surface area (Å²) in [6.45, 7) is 6.30. The molecule has 1 aliphatic rings. The number of hydrogen-bond donors (Lipinski definition) is 1. The first kappa shape index (κ1) is 19.8. The van der Waals surface area contributed by atoms with Crippen LogP contribution in [0.15, 0.2) is 73.1 Å². The molecule has 154 valence electrons. The molecule has 2 aromatic heterocycles. The van der Waals surface area contributed by atoms with Gasteiger partial charge in [0.25, 0.3) is 0 Å². The molecule has 0 aliphatic carbocycles. The lowest BCUT2D eigenvalue weighted by Gasteiger charge is -2.28. The molecular formula is C24H27N5O. The van der Waals surface area contributed by atoms with Crippen molar-refractivity contribution < 1.29 is 4.74 Å². The minimum absolute atomic E-state index is 0.669. The molecule has 0 unspecified atom stereocenters. The van der Waals surface area contributed by atoms with Gasteiger partial charge in [-0.25, -0.2) is 0 Å². The minimum atomic E-state index is 0.669. The van der Waals surface area contributed by atoms with Crippen LogP contribution in [0.5, 0.6) is 5.75 Å². The van der Waals surface area contributed by atoms with E-state index in [1.807, 2.05) is 49.4 Å². The second-order valence-corrected chi connectivity index (χ2v) is 7.31. The van der Waals surface area contributed by atoms with Gasteiger partial charge >= 0.3 is 0 Å². The largest absolute Gasteiger partial charge is 0.494 e. The molecule has 0 spiro atoms. The van der Waals surface area contributed by atoms with Crippen LogP contribution in [0.25, 0.3) is 5.57 Å². The van der Waals surface area contributed by atoms with Gasteiger partial charge in [-0.05, 0) is 55.3 Å². The first-order valence-electron chi connectivity index (χ1n) is 10.2. The second kappa shape index (κ2) is 8.86. The Kier molecular flexibility index (Phi) is 5.84. The Morgan fingerprint density at radius 3 is 2.80 bits per heavy atom. The predicted octanol–water partition coefficient (Wildman–Crippen LogP) is 4.06. The van der Waals surface area contributed by atoms with Crippen molar-refractivity contribution in [2.45, 2.75) is 20.4 Å². The summed E-state index contributed by atoms with van der Waals surface area (Å²) in [6, 6.07) is 10.3. The number of nitrogens with one attached hydrogen (secondary N) is 1. The summed E-state index contributed by atoms with van der Waals surface area (Å²) in [5.41, 5.74) is 6.80. The van der Waals surface area contributed by atoms with E-state index in [0.29, 0.717) is 6.61 Å². The van der Waals surface area contributed by atoms with Crippen LogP contribution in [0, 0.1) is 6.92 Å². The highest BCUT2D eigenvalue weighted by molar-refractivity contribution is 5.82. The van der Waals surface area contributed by atoms with Crippen molar-refractivity contribution in [1.29, 1.82) is 0 Å². The van der Waals surface area contributed by atoms with Crippen molar-refractivity contribution in [3.05, 3.63) is 89.8 Å². The van der Waals surface area contributed by atoms with Crippen LogP contribution in [0.2, 0.25) is 0 Å². The number of anilines is 1. The van der Waals surface area contributed by atoms with Gasteiger partial charge in [-0.15, -0.1) is 0 Å². The number of hydrogen-bond acceptors (Lipinski definition) is 5. The van der Waals surface area contributed by atoms with Gasteiger partial charge in [-0.2, -0.15) is 5.10 Å². The number of benzene rings is 1. The first-order valence-corrected chi connectivity index (χ1v) is 10.2. The molecular weight excluding hydrogens is 374 g/mol. The number of aryl methyl sites for hydroxylation is 2. The second-order valence-electron chi connectivity index (χ2n) is 7.31. The molecule has 0 amide bonds. The Hall–Kier alpha value is -3.54. The number of pyridine rings is 1. The van der Waals surface area contributed by atoms with E-state index < -0.39 is 0 Å². The molecule has 1 N–H and O–H groups in total. The van der Waals surface area contributed by atoms with Crippen molar-refractivity contribution in [2.24, 2.45) is 7.05 Å². The van der Waals surface area contributed by atoms with Gasteiger partial charge in [0.2, 0.25) is 0 Å². The highest BCUT2D eigenvalue weighted by Gasteiger charge is 2.18. The molecule has 0 bridgehead atoms. The van der Waals surface area contributed by atoms with Gasteiger partial charge in [-0.3, -0.25) is 9.67 Å². The third-order valence-corrected chi connectivity index (χ3v) is 5.08. The monoisotopic (exact) mass is 401 g/mol. The van der Waals surface area contributed by atoms with Crippen LogP contribution in [0.4, 0.5) is 5.69 Å². The summed E-state index contributed by atoms with van der Waals surface area (Å²) in [5.74, 6) is 0.904. The Morgan fingerprint density at radius 1 is 1.20 bits per heavy atom. The molecule has 3 heterocycles. The van der Waals surface area contributed by atoms with Gasteiger partial charge in [-0.1, -0.05) is 6.07 Å². The highest BCUT2D eigenvalue weighted by Crippen LogP contribution is 2.31. The number of rotatable bonds is 7. The van der Waals surface area contributed by atoms with Crippen molar-refractivity contribution >= 4 is 11.3 Å². The maximum atomic E-state index is 5.64. The maximum Gasteiger partial charge on any atom is 0.119 e. The average Bonchev–Trinajstić information content (AvgIpc) is 3.19.